The molecule has 0 bridgehead atoms. The first-order valence-corrected chi connectivity index (χ1v) is 7.23. The van der Waals surface area contributed by atoms with Gasteiger partial charge in [-0.15, -0.1) is 0 Å². The van der Waals surface area contributed by atoms with E-state index >= 15 is 0 Å². The van der Waals surface area contributed by atoms with Gasteiger partial charge in [0.1, 0.15) is 0 Å². The van der Waals surface area contributed by atoms with Crippen molar-refractivity contribution >= 4 is 11.6 Å². The maximum absolute atomic E-state index is 12.1. The van der Waals surface area contributed by atoms with E-state index in [0.29, 0.717) is 11.8 Å². The number of rotatable bonds is 4. The van der Waals surface area contributed by atoms with Crippen LogP contribution < -0.4 is 10.6 Å². The Bertz CT molecular complexity index is 427. The summed E-state index contributed by atoms with van der Waals surface area (Å²) in [6.07, 6.45) is 1.14. The molecule has 19 heavy (non-hydrogen) atoms. The summed E-state index contributed by atoms with van der Waals surface area (Å²) in [4.78, 5) is 12.1. The highest BCUT2D eigenvalue weighted by atomic mass is 16.1. The topological polar surface area (TPSA) is 41.1 Å². The zero-order valence-electron chi connectivity index (χ0n) is 12.1. The van der Waals surface area contributed by atoms with E-state index in [9.17, 15) is 4.79 Å². The highest BCUT2D eigenvalue weighted by Crippen LogP contribution is 2.22. The molecule has 1 heterocycles. The Morgan fingerprint density at radius 3 is 2.58 bits per heavy atom. The Morgan fingerprint density at radius 2 is 2.05 bits per heavy atom. The van der Waals surface area contributed by atoms with Crippen molar-refractivity contribution in [2.45, 2.75) is 33.1 Å². The summed E-state index contributed by atoms with van der Waals surface area (Å²) in [5.74, 6) is 1.21. The van der Waals surface area contributed by atoms with Gasteiger partial charge in [-0.2, -0.15) is 0 Å². The van der Waals surface area contributed by atoms with E-state index in [4.69, 9.17) is 0 Å². The second-order valence-electron chi connectivity index (χ2n) is 5.66. The Balaban J connectivity index is 1.97. The maximum Gasteiger partial charge on any atom is 0.229 e. The molecule has 1 aliphatic heterocycles. The summed E-state index contributed by atoms with van der Waals surface area (Å²) in [5, 5.41) is 6.28. The molecule has 0 aromatic heterocycles. The predicted octanol–water partition coefficient (Wildman–Crippen LogP) is 2.99. The summed E-state index contributed by atoms with van der Waals surface area (Å²) in [7, 11) is 0. The molecule has 0 aliphatic carbocycles. The van der Waals surface area contributed by atoms with Crippen molar-refractivity contribution in [3.8, 4) is 0 Å². The van der Waals surface area contributed by atoms with E-state index in [0.717, 1.165) is 25.2 Å². The minimum atomic E-state index is 0.0919. The van der Waals surface area contributed by atoms with Crippen LogP contribution in [0.3, 0.4) is 0 Å². The summed E-state index contributed by atoms with van der Waals surface area (Å²) in [6, 6.07) is 8.24. The van der Waals surface area contributed by atoms with Crippen LogP contribution in [0.25, 0.3) is 0 Å². The lowest BCUT2D eigenvalue weighted by Crippen LogP contribution is -2.27. The van der Waals surface area contributed by atoms with Gasteiger partial charge in [0.05, 0.1) is 5.92 Å². The lowest BCUT2D eigenvalue weighted by atomic mass is 9.96. The molecule has 3 unspecified atom stereocenters. The van der Waals surface area contributed by atoms with Gasteiger partial charge in [0.15, 0.2) is 0 Å². The van der Waals surface area contributed by atoms with Crippen LogP contribution in [0, 0.1) is 11.8 Å². The quantitative estimate of drug-likeness (QED) is 0.874. The molecule has 1 aromatic rings. The highest BCUT2D eigenvalue weighted by Gasteiger charge is 2.29. The van der Waals surface area contributed by atoms with Crippen LogP contribution in [0.1, 0.15) is 38.7 Å². The maximum atomic E-state index is 12.1. The van der Waals surface area contributed by atoms with E-state index in [2.05, 4.69) is 43.5 Å². The molecule has 104 valence electrons. The van der Waals surface area contributed by atoms with Crippen LogP contribution in [-0.4, -0.2) is 19.0 Å². The standard InChI is InChI=1S/C16H24N2O/c1-4-11(2)13-5-7-14(8-6-13)18-16(19)15-10-17-9-12(15)3/h5-8,11-12,15,17H,4,9-10H2,1-3H3,(H,18,19). The summed E-state index contributed by atoms with van der Waals surface area (Å²) in [6.45, 7) is 8.26. The summed E-state index contributed by atoms with van der Waals surface area (Å²) < 4.78 is 0. The molecular weight excluding hydrogens is 236 g/mol. The zero-order valence-corrected chi connectivity index (χ0v) is 12.1. The number of benzene rings is 1. The zero-order chi connectivity index (χ0) is 13.8. The number of anilines is 1. The number of carbonyl (C=O) groups is 1. The highest BCUT2D eigenvalue weighted by molar-refractivity contribution is 5.93. The summed E-state index contributed by atoms with van der Waals surface area (Å²) in [5.41, 5.74) is 2.23. The Morgan fingerprint density at radius 1 is 1.37 bits per heavy atom. The molecule has 0 spiro atoms. The van der Waals surface area contributed by atoms with Gasteiger partial charge < -0.3 is 10.6 Å². The van der Waals surface area contributed by atoms with E-state index < -0.39 is 0 Å². The lowest BCUT2D eigenvalue weighted by molar-refractivity contribution is -0.120. The number of nitrogens with one attached hydrogen (secondary N) is 2. The molecule has 3 atom stereocenters. The predicted molar refractivity (Wildman–Crippen MR) is 79.3 cm³/mol. The van der Waals surface area contributed by atoms with Crippen LogP contribution in [-0.2, 0) is 4.79 Å². The first-order valence-electron chi connectivity index (χ1n) is 7.23. The Hall–Kier alpha value is -1.35. The molecule has 0 saturated carbocycles. The Labute approximate surface area is 115 Å². The lowest BCUT2D eigenvalue weighted by Gasteiger charge is -2.15. The fourth-order valence-corrected chi connectivity index (χ4v) is 2.53. The van der Waals surface area contributed by atoms with Gasteiger partial charge in [0.25, 0.3) is 0 Å². The van der Waals surface area contributed by atoms with Crippen molar-refractivity contribution in [3.05, 3.63) is 29.8 Å². The molecule has 1 amide bonds. The molecule has 1 fully saturated rings. The second-order valence-corrected chi connectivity index (χ2v) is 5.66. The fraction of sp³-hybridized carbons (Fsp3) is 0.562. The van der Waals surface area contributed by atoms with E-state index in [1.54, 1.807) is 0 Å². The van der Waals surface area contributed by atoms with Crippen molar-refractivity contribution in [2.75, 3.05) is 18.4 Å². The normalized spacial score (nSPS) is 24.2. The SMILES string of the molecule is CCC(C)c1ccc(NC(=O)C2CNCC2C)cc1. The van der Waals surface area contributed by atoms with Gasteiger partial charge in [0, 0.05) is 12.2 Å². The monoisotopic (exact) mass is 260 g/mol. The van der Waals surface area contributed by atoms with Crippen LogP contribution in [0.4, 0.5) is 5.69 Å². The van der Waals surface area contributed by atoms with Crippen molar-refractivity contribution in [1.82, 2.24) is 5.32 Å². The number of hydrogen-bond donors (Lipinski definition) is 2. The average Bonchev–Trinajstić information content (AvgIpc) is 2.85. The smallest absolute Gasteiger partial charge is 0.229 e. The number of hydrogen-bond acceptors (Lipinski definition) is 2. The molecule has 3 nitrogen and oxygen atoms in total. The first kappa shape index (κ1) is 14.1. The minimum Gasteiger partial charge on any atom is -0.326 e. The molecular formula is C16H24N2O. The molecule has 1 aliphatic rings. The number of carbonyl (C=O) groups excluding carboxylic acids is 1. The van der Waals surface area contributed by atoms with Gasteiger partial charge in [-0.3, -0.25) is 4.79 Å². The molecule has 1 aromatic carbocycles. The third-order valence-electron chi connectivity index (χ3n) is 4.21. The van der Waals surface area contributed by atoms with Gasteiger partial charge in [-0.05, 0) is 42.5 Å². The van der Waals surface area contributed by atoms with Crippen LogP contribution in [0.15, 0.2) is 24.3 Å². The van der Waals surface area contributed by atoms with Crippen molar-refractivity contribution < 1.29 is 4.79 Å². The third-order valence-corrected chi connectivity index (χ3v) is 4.21. The largest absolute Gasteiger partial charge is 0.326 e. The summed E-state index contributed by atoms with van der Waals surface area (Å²) >= 11 is 0. The van der Waals surface area contributed by atoms with E-state index in [1.807, 2.05) is 12.1 Å². The van der Waals surface area contributed by atoms with Crippen molar-refractivity contribution in [1.29, 1.82) is 0 Å². The van der Waals surface area contributed by atoms with Gasteiger partial charge in [0.2, 0.25) is 5.91 Å². The molecule has 3 heteroatoms. The molecule has 2 rings (SSSR count). The van der Waals surface area contributed by atoms with E-state index in [-0.39, 0.29) is 11.8 Å². The van der Waals surface area contributed by atoms with E-state index in [1.165, 1.54) is 5.56 Å². The average molecular weight is 260 g/mol. The number of amides is 1. The second kappa shape index (κ2) is 6.20. The van der Waals surface area contributed by atoms with Crippen molar-refractivity contribution in [2.24, 2.45) is 11.8 Å². The molecule has 1 saturated heterocycles. The third kappa shape index (κ3) is 3.35. The van der Waals surface area contributed by atoms with Crippen LogP contribution in [0.2, 0.25) is 0 Å². The van der Waals surface area contributed by atoms with Gasteiger partial charge in [-0.25, -0.2) is 0 Å². The molecule has 0 radical (unpaired) electrons. The van der Waals surface area contributed by atoms with Crippen LogP contribution in [0.5, 0.6) is 0 Å². The first-order chi connectivity index (χ1) is 9.11. The van der Waals surface area contributed by atoms with Crippen molar-refractivity contribution in [3.63, 3.8) is 0 Å². The van der Waals surface area contributed by atoms with Gasteiger partial charge in [-0.1, -0.05) is 32.9 Å². The minimum absolute atomic E-state index is 0.0919. The molecule has 2 N–H and O–H groups in total. The Kier molecular flexibility index (Phi) is 4.59. The fourth-order valence-electron chi connectivity index (χ4n) is 2.53. The van der Waals surface area contributed by atoms with Gasteiger partial charge >= 0.3 is 0 Å². The van der Waals surface area contributed by atoms with Crippen LogP contribution >= 0.6 is 0 Å².